The third-order valence-electron chi connectivity index (χ3n) is 4.17. The van der Waals surface area contributed by atoms with Crippen LogP contribution >= 0.6 is 0 Å². The average Bonchev–Trinajstić information content (AvgIpc) is 2.50. The molecule has 0 heterocycles. The monoisotopic (exact) mass is 334 g/mol. The second kappa shape index (κ2) is 9.55. The predicted molar refractivity (Wildman–Crippen MR) is 102 cm³/mol. The minimum atomic E-state index is -0.175. The van der Waals surface area contributed by atoms with E-state index in [4.69, 9.17) is 10.5 Å². The molecule has 4 nitrogen and oxygen atoms in total. The van der Waals surface area contributed by atoms with Crippen molar-refractivity contribution in [3.05, 3.63) is 23.8 Å². The highest BCUT2D eigenvalue weighted by Crippen LogP contribution is 2.31. The first-order chi connectivity index (χ1) is 11.3. The van der Waals surface area contributed by atoms with E-state index < -0.39 is 0 Å². The van der Waals surface area contributed by atoms with E-state index in [0.717, 1.165) is 36.4 Å². The average molecular weight is 335 g/mol. The fourth-order valence-electron chi connectivity index (χ4n) is 3.05. The maximum Gasteiger partial charge on any atom is 0.306 e. The lowest BCUT2D eigenvalue weighted by molar-refractivity contribution is -0.141. The minimum absolute atomic E-state index is 0.150. The van der Waals surface area contributed by atoms with E-state index in [-0.39, 0.29) is 11.9 Å². The van der Waals surface area contributed by atoms with Gasteiger partial charge in [0.1, 0.15) is 0 Å². The van der Waals surface area contributed by atoms with Gasteiger partial charge in [0, 0.05) is 13.1 Å². The summed E-state index contributed by atoms with van der Waals surface area (Å²) in [5, 5.41) is 0. The number of nitrogens with zero attached hydrogens (tertiary/aromatic N) is 1. The third kappa shape index (κ3) is 6.06. The molecule has 0 bridgehead atoms. The fourth-order valence-corrected chi connectivity index (χ4v) is 3.05. The molecule has 0 fully saturated rings. The van der Waals surface area contributed by atoms with Crippen LogP contribution in [0.15, 0.2) is 18.2 Å². The Morgan fingerprint density at radius 1 is 1.17 bits per heavy atom. The number of benzene rings is 1. The van der Waals surface area contributed by atoms with Gasteiger partial charge >= 0.3 is 5.97 Å². The van der Waals surface area contributed by atoms with Crippen molar-refractivity contribution in [1.29, 1.82) is 0 Å². The van der Waals surface area contributed by atoms with Gasteiger partial charge in [-0.2, -0.15) is 0 Å². The molecule has 0 saturated carbocycles. The molecule has 0 radical (unpaired) electrons. The van der Waals surface area contributed by atoms with Gasteiger partial charge in [-0.05, 0) is 41.9 Å². The molecular formula is C20H34N2O2. The van der Waals surface area contributed by atoms with Crippen molar-refractivity contribution in [2.24, 2.45) is 11.8 Å². The summed E-state index contributed by atoms with van der Waals surface area (Å²) in [5.74, 6) is 1.12. The van der Waals surface area contributed by atoms with E-state index in [9.17, 15) is 4.79 Å². The Morgan fingerprint density at radius 2 is 1.75 bits per heavy atom. The Labute approximate surface area is 147 Å². The number of rotatable bonds is 9. The van der Waals surface area contributed by atoms with E-state index >= 15 is 0 Å². The molecule has 1 aromatic carbocycles. The second-order valence-electron chi connectivity index (χ2n) is 7.40. The Morgan fingerprint density at radius 3 is 2.17 bits per heavy atom. The predicted octanol–water partition coefficient (Wildman–Crippen LogP) is 4.44. The number of carbonyl (C=O) groups is 1. The zero-order valence-electron chi connectivity index (χ0n) is 16.1. The molecule has 1 aromatic rings. The number of methoxy groups -OCH3 is 1. The van der Waals surface area contributed by atoms with Crippen LogP contribution in [0.1, 0.15) is 58.9 Å². The van der Waals surface area contributed by atoms with Crippen molar-refractivity contribution < 1.29 is 9.53 Å². The molecule has 0 aliphatic rings. The lowest BCUT2D eigenvalue weighted by atomic mass is 9.92. The first-order valence-electron chi connectivity index (χ1n) is 8.99. The van der Waals surface area contributed by atoms with Crippen molar-refractivity contribution in [3.8, 4) is 0 Å². The smallest absolute Gasteiger partial charge is 0.306 e. The topological polar surface area (TPSA) is 55.6 Å². The number of hydrogen-bond acceptors (Lipinski definition) is 4. The lowest BCUT2D eigenvalue weighted by Gasteiger charge is -2.30. The maximum absolute atomic E-state index is 11.6. The van der Waals surface area contributed by atoms with Gasteiger partial charge in [-0.1, -0.05) is 40.7 Å². The van der Waals surface area contributed by atoms with Gasteiger partial charge in [0.2, 0.25) is 0 Å². The van der Waals surface area contributed by atoms with Gasteiger partial charge in [0.15, 0.2) is 0 Å². The van der Waals surface area contributed by atoms with Gasteiger partial charge in [0.05, 0.1) is 24.9 Å². The van der Waals surface area contributed by atoms with E-state index in [0.29, 0.717) is 18.3 Å². The number of anilines is 2. The second-order valence-corrected chi connectivity index (χ2v) is 7.40. The summed E-state index contributed by atoms with van der Waals surface area (Å²) >= 11 is 0. The van der Waals surface area contributed by atoms with E-state index in [1.807, 2.05) is 6.07 Å². The molecule has 0 saturated heterocycles. The third-order valence-corrected chi connectivity index (χ3v) is 4.17. The van der Waals surface area contributed by atoms with Crippen LogP contribution in [0.3, 0.4) is 0 Å². The number of nitrogens with two attached hydrogens (primary N) is 1. The molecule has 1 rings (SSSR count). The molecule has 0 spiro atoms. The zero-order chi connectivity index (χ0) is 18.3. The first-order valence-corrected chi connectivity index (χ1v) is 8.99. The largest absolute Gasteiger partial charge is 0.469 e. The molecule has 0 aliphatic carbocycles. The van der Waals surface area contributed by atoms with E-state index in [1.54, 1.807) is 0 Å². The summed E-state index contributed by atoms with van der Waals surface area (Å²) < 4.78 is 4.81. The number of ether oxygens (including phenoxy) is 1. The highest BCUT2D eigenvalue weighted by molar-refractivity contribution is 5.72. The van der Waals surface area contributed by atoms with Crippen molar-refractivity contribution in [2.45, 2.75) is 53.4 Å². The SMILES string of the molecule is CC[C@@H](CC(=O)OC)c1ccc(N(CC(C)C)CC(C)C)c(N)c1. The molecule has 1 atom stereocenters. The van der Waals surface area contributed by atoms with Crippen molar-refractivity contribution in [2.75, 3.05) is 30.8 Å². The van der Waals surface area contributed by atoms with Gasteiger partial charge in [-0.3, -0.25) is 4.79 Å². The van der Waals surface area contributed by atoms with Gasteiger partial charge in [0.25, 0.3) is 0 Å². The molecule has 0 unspecified atom stereocenters. The Bertz CT molecular complexity index is 516. The number of nitrogen functional groups attached to an aromatic ring is 1. The molecule has 0 amide bonds. The minimum Gasteiger partial charge on any atom is -0.469 e. The highest BCUT2D eigenvalue weighted by Gasteiger charge is 2.18. The molecular weight excluding hydrogens is 300 g/mol. The number of hydrogen-bond donors (Lipinski definition) is 1. The van der Waals surface area contributed by atoms with Crippen LogP contribution < -0.4 is 10.6 Å². The number of esters is 1. The highest BCUT2D eigenvalue weighted by atomic mass is 16.5. The molecule has 2 N–H and O–H groups in total. The normalized spacial score (nSPS) is 12.5. The van der Waals surface area contributed by atoms with Crippen molar-refractivity contribution >= 4 is 17.3 Å². The fraction of sp³-hybridized carbons (Fsp3) is 0.650. The molecule has 136 valence electrons. The summed E-state index contributed by atoms with van der Waals surface area (Å²) in [5.41, 5.74) is 9.36. The summed E-state index contributed by atoms with van der Waals surface area (Å²) in [6.45, 7) is 13.0. The Balaban J connectivity index is 3.04. The van der Waals surface area contributed by atoms with Crippen LogP contribution in [0.25, 0.3) is 0 Å². The Kier molecular flexibility index (Phi) is 8.09. The van der Waals surface area contributed by atoms with Crippen LogP contribution in [0, 0.1) is 11.8 Å². The molecule has 0 aliphatic heterocycles. The van der Waals surface area contributed by atoms with Crippen LogP contribution in [0.4, 0.5) is 11.4 Å². The standard InChI is InChI=1S/C20H34N2O2/c1-7-16(11-20(23)24-6)17-8-9-19(18(21)10-17)22(12-14(2)3)13-15(4)5/h8-10,14-16H,7,11-13,21H2,1-6H3/t16-/m0/s1. The lowest BCUT2D eigenvalue weighted by Crippen LogP contribution is -2.32. The van der Waals surface area contributed by atoms with Gasteiger partial charge < -0.3 is 15.4 Å². The van der Waals surface area contributed by atoms with E-state index in [1.165, 1.54) is 7.11 Å². The van der Waals surface area contributed by atoms with Gasteiger partial charge in [-0.25, -0.2) is 0 Å². The molecule has 4 heteroatoms. The maximum atomic E-state index is 11.6. The number of carbonyl (C=O) groups excluding carboxylic acids is 1. The van der Waals surface area contributed by atoms with Crippen LogP contribution in [0.2, 0.25) is 0 Å². The summed E-state index contributed by atoms with van der Waals surface area (Å²) in [4.78, 5) is 14.0. The van der Waals surface area contributed by atoms with E-state index in [2.05, 4.69) is 51.7 Å². The van der Waals surface area contributed by atoms with Crippen LogP contribution in [-0.2, 0) is 9.53 Å². The van der Waals surface area contributed by atoms with Gasteiger partial charge in [-0.15, -0.1) is 0 Å². The van der Waals surface area contributed by atoms with Crippen LogP contribution in [-0.4, -0.2) is 26.2 Å². The molecule has 24 heavy (non-hydrogen) atoms. The van der Waals surface area contributed by atoms with Crippen LogP contribution in [0.5, 0.6) is 0 Å². The van der Waals surface area contributed by atoms with Crippen molar-refractivity contribution in [3.63, 3.8) is 0 Å². The summed E-state index contributed by atoms with van der Waals surface area (Å²) in [6, 6.07) is 6.24. The van der Waals surface area contributed by atoms with Crippen molar-refractivity contribution in [1.82, 2.24) is 0 Å². The first kappa shape index (κ1) is 20.3. The zero-order valence-corrected chi connectivity index (χ0v) is 16.1. The summed E-state index contributed by atoms with van der Waals surface area (Å²) in [6.07, 6.45) is 1.28. The quantitative estimate of drug-likeness (QED) is 0.535. The summed E-state index contributed by atoms with van der Waals surface area (Å²) in [7, 11) is 1.43. The molecule has 0 aromatic heterocycles. The Hall–Kier alpha value is -1.71.